The van der Waals surface area contributed by atoms with E-state index in [9.17, 15) is 4.79 Å². The van der Waals surface area contributed by atoms with Gasteiger partial charge < -0.3 is 5.32 Å². The number of hydrogen-bond donors (Lipinski definition) is 2. The van der Waals surface area contributed by atoms with Crippen LogP contribution in [0.25, 0.3) is 0 Å². The Morgan fingerprint density at radius 2 is 1.65 bits per heavy atom. The van der Waals surface area contributed by atoms with Crippen molar-refractivity contribution in [1.29, 1.82) is 0 Å². The van der Waals surface area contributed by atoms with Crippen molar-refractivity contribution in [3.05, 3.63) is 94.5 Å². The predicted molar refractivity (Wildman–Crippen MR) is 107 cm³/mol. The number of para-hydroxylation sites is 1. The number of nitrogens with one attached hydrogen (secondary N) is 2. The molecule has 0 atom stereocenters. The van der Waals surface area contributed by atoms with Crippen LogP contribution in [-0.2, 0) is 0 Å². The summed E-state index contributed by atoms with van der Waals surface area (Å²) in [7, 11) is 0. The van der Waals surface area contributed by atoms with E-state index < -0.39 is 0 Å². The number of carbonyl (C=O) groups is 1. The van der Waals surface area contributed by atoms with E-state index in [1.807, 2.05) is 42.5 Å². The van der Waals surface area contributed by atoms with Crippen molar-refractivity contribution in [3.8, 4) is 0 Å². The average Bonchev–Trinajstić information content (AvgIpc) is 2.65. The standard InChI is InChI=1S/C21H18ClN3O/c1-15-4-2-3-5-20(15)24-19-12-6-16(7-13-19)14-23-25-21(26)17-8-10-18(22)11-9-17/h2-14,24H,1H3,(H,25,26)/b23-14+. The molecule has 1 amide bonds. The molecule has 3 aromatic rings. The van der Waals surface area contributed by atoms with Crippen molar-refractivity contribution in [2.24, 2.45) is 5.10 Å². The molecule has 130 valence electrons. The second-order valence-electron chi connectivity index (χ2n) is 5.77. The molecule has 0 saturated heterocycles. The second-order valence-corrected chi connectivity index (χ2v) is 6.20. The fraction of sp³-hybridized carbons (Fsp3) is 0.0476. The lowest BCUT2D eigenvalue weighted by Crippen LogP contribution is -2.17. The van der Waals surface area contributed by atoms with Crippen molar-refractivity contribution in [1.82, 2.24) is 5.43 Å². The van der Waals surface area contributed by atoms with Crippen LogP contribution in [-0.4, -0.2) is 12.1 Å². The Hall–Kier alpha value is -3.11. The smallest absolute Gasteiger partial charge is 0.271 e. The molecule has 0 aromatic heterocycles. The van der Waals surface area contributed by atoms with Crippen LogP contribution in [0.5, 0.6) is 0 Å². The van der Waals surface area contributed by atoms with Crippen molar-refractivity contribution < 1.29 is 4.79 Å². The first-order valence-electron chi connectivity index (χ1n) is 8.13. The van der Waals surface area contributed by atoms with Crippen molar-refractivity contribution in [3.63, 3.8) is 0 Å². The van der Waals surface area contributed by atoms with E-state index in [0.29, 0.717) is 10.6 Å². The van der Waals surface area contributed by atoms with Crippen molar-refractivity contribution in [2.75, 3.05) is 5.32 Å². The molecule has 0 heterocycles. The van der Waals surface area contributed by atoms with E-state index in [0.717, 1.165) is 16.9 Å². The molecule has 26 heavy (non-hydrogen) atoms. The maximum absolute atomic E-state index is 12.0. The van der Waals surface area contributed by atoms with E-state index >= 15 is 0 Å². The van der Waals surface area contributed by atoms with E-state index in [-0.39, 0.29) is 5.91 Å². The SMILES string of the molecule is Cc1ccccc1Nc1ccc(/C=N/NC(=O)c2ccc(Cl)cc2)cc1. The van der Waals surface area contributed by atoms with Gasteiger partial charge in [-0.25, -0.2) is 5.43 Å². The highest BCUT2D eigenvalue weighted by Crippen LogP contribution is 2.20. The van der Waals surface area contributed by atoms with Crippen LogP contribution in [0.1, 0.15) is 21.5 Å². The van der Waals surface area contributed by atoms with Crippen molar-refractivity contribution >= 4 is 35.1 Å². The maximum Gasteiger partial charge on any atom is 0.271 e. The fourth-order valence-corrected chi connectivity index (χ4v) is 2.48. The van der Waals surface area contributed by atoms with Crippen LogP contribution in [0, 0.1) is 6.92 Å². The van der Waals surface area contributed by atoms with Gasteiger partial charge in [-0.15, -0.1) is 0 Å². The van der Waals surface area contributed by atoms with Gasteiger partial charge in [0.25, 0.3) is 5.91 Å². The quantitative estimate of drug-likeness (QED) is 0.486. The highest BCUT2D eigenvalue weighted by atomic mass is 35.5. The molecule has 0 unspecified atom stereocenters. The van der Waals surface area contributed by atoms with Gasteiger partial charge in [0.05, 0.1) is 6.21 Å². The number of rotatable bonds is 5. The third kappa shape index (κ3) is 4.71. The van der Waals surface area contributed by atoms with Gasteiger partial charge in [-0.1, -0.05) is 41.9 Å². The second kappa shape index (κ2) is 8.32. The minimum absolute atomic E-state index is 0.282. The molecular formula is C21H18ClN3O. The molecule has 0 aliphatic carbocycles. The van der Waals surface area contributed by atoms with Crippen molar-refractivity contribution in [2.45, 2.75) is 6.92 Å². The number of hydrogen-bond acceptors (Lipinski definition) is 3. The van der Waals surface area contributed by atoms with Crippen LogP contribution in [0.3, 0.4) is 0 Å². The number of halogens is 1. The third-order valence-electron chi connectivity index (χ3n) is 3.82. The van der Waals surface area contributed by atoms with Gasteiger partial charge in [0.1, 0.15) is 0 Å². The first-order valence-corrected chi connectivity index (χ1v) is 8.51. The van der Waals surface area contributed by atoms with E-state index in [1.165, 1.54) is 5.56 Å². The zero-order valence-corrected chi connectivity index (χ0v) is 15.0. The number of anilines is 2. The normalized spacial score (nSPS) is 10.7. The molecule has 3 rings (SSSR count). The van der Waals surface area contributed by atoms with Crippen LogP contribution in [0.2, 0.25) is 5.02 Å². The molecule has 2 N–H and O–H groups in total. The predicted octanol–water partition coefficient (Wildman–Crippen LogP) is 5.16. The molecule has 0 spiro atoms. The Labute approximate surface area is 157 Å². The van der Waals surface area contributed by atoms with Crippen LogP contribution < -0.4 is 10.7 Å². The molecule has 4 nitrogen and oxygen atoms in total. The van der Waals surface area contributed by atoms with Crippen LogP contribution in [0.4, 0.5) is 11.4 Å². The van der Waals surface area contributed by atoms with Crippen LogP contribution >= 0.6 is 11.6 Å². The lowest BCUT2D eigenvalue weighted by molar-refractivity contribution is 0.0955. The minimum Gasteiger partial charge on any atom is -0.355 e. The number of nitrogens with zero attached hydrogens (tertiary/aromatic N) is 1. The summed E-state index contributed by atoms with van der Waals surface area (Å²) in [4.78, 5) is 12.0. The molecule has 3 aromatic carbocycles. The molecule has 0 aliphatic rings. The number of benzene rings is 3. The van der Waals surface area contributed by atoms with Gasteiger partial charge in [-0.2, -0.15) is 5.10 Å². The minimum atomic E-state index is -0.282. The molecule has 0 bridgehead atoms. The Kier molecular flexibility index (Phi) is 5.66. The summed E-state index contributed by atoms with van der Waals surface area (Å²) in [5, 5.41) is 7.95. The van der Waals surface area contributed by atoms with Crippen LogP contribution in [0.15, 0.2) is 77.9 Å². The summed E-state index contributed by atoms with van der Waals surface area (Å²) in [5.74, 6) is -0.282. The highest BCUT2D eigenvalue weighted by molar-refractivity contribution is 6.30. The summed E-state index contributed by atoms with van der Waals surface area (Å²) in [6.45, 7) is 2.06. The first kappa shape index (κ1) is 17.7. The molecule has 0 saturated carbocycles. The Balaban J connectivity index is 1.58. The van der Waals surface area contributed by atoms with Gasteiger partial charge in [-0.3, -0.25) is 4.79 Å². The first-order chi connectivity index (χ1) is 12.6. The Bertz CT molecular complexity index is 919. The summed E-state index contributed by atoms with van der Waals surface area (Å²) in [6.07, 6.45) is 1.60. The van der Waals surface area contributed by atoms with Gasteiger partial charge >= 0.3 is 0 Å². The number of carbonyl (C=O) groups excluding carboxylic acids is 1. The van der Waals surface area contributed by atoms with E-state index in [2.05, 4.69) is 28.8 Å². The third-order valence-corrected chi connectivity index (χ3v) is 4.07. The largest absolute Gasteiger partial charge is 0.355 e. The van der Waals surface area contributed by atoms with Gasteiger partial charge in [0.15, 0.2) is 0 Å². The Morgan fingerprint density at radius 1 is 0.962 bits per heavy atom. The lowest BCUT2D eigenvalue weighted by atomic mass is 10.2. The monoisotopic (exact) mass is 363 g/mol. The maximum atomic E-state index is 12.0. The number of aryl methyl sites for hydroxylation is 1. The number of hydrazone groups is 1. The number of amides is 1. The van der Waals surface area contributed by atoms with Gasteiger partial charge in [0.2, 0.25) is 0 Å². The summed E-state index contributed by atoms with van der Waals surface area (Å²) in [6, 6.07) is 22.5. The van der Waals surface area contributed by atoms with Gasteiger partial charge in [0, 0.05) is 22.0 Å². The lowest BCUT2D eigenvalue weighted by Gasteiger charge is -2.09. The summed E-state index contributed by atoms with van der Waals surface area (Å²) >= 11 is 5.81. The zero-order valence-electron chi connectivity index (χ0n) is 14.2. The van der Waals surface area contributed by atoms with Gasteiger partial charge in [-0.05, 0) is 60.5 Å². The van der Waals surface area contributed by atoms with E-state index in [4.69, 9.17) is 11.6 Å². The molecule has 5 heteroatoms. The Morgan fingerprint density at radius 3 is 2.35 bits per heavy atom. The molecule has 0 radical (unpaired) electrons. The average molecular weight is 364 g/mol. The van der Waals surface area contributed by atoms with E-state index in [1.54, 1.807) is 30.5 Å². The highest BCUT2D eigenvalue weighted by Gasteiger charge is 2.03. The summed E-state index contributed by atoms with van der Waals surface area (Å²) < 4.78 is 0. The fourth-order valence-electron chi connectivity index (χ4n) is 2.35. The molecular weight excluding hydrogens is 346 g/mol. The topological polar surface area (TPSA) is 53.5 Å². The zero-order chi connectivity index (χ0) is 18.4. The molecule has 0 fully saturated rings. The summed E-state index contributed by atoms with van der Waals surface area (Å²) in [5.41, 5.74) is 7.13. The molecule has 0 aliphatic heterocycles.